The molecule has 2 heterocycles. The molecule has 1 aliphatic rings. The minimum atomic E-state index is -1.87. The fourth-order valence-electron chi connectivity index (χ4n) is 4.30. The van der Waals surface area contributed by atoms with Gasteiger partial charge in [0, 0.05) is 29.6 Å². The number of carbonyl (C=O) groups excluding carboxylic acids is 1. The van der Waals surface area contributed by atoms with Gasteiger partial charge in [-0.3, -0.25) is 9.59 Å². The van der Waals surface area contributed by atoms with Crippen LogP contribution in [0.3, 0.4) is 0 Å². The summed E-state index contributed by atoms with van der Waals surface area (Å²) in [6.45, 7) is 1.03. The summed E-state index contributed by atoms with van der Waals surface area (Å²) >= 11 is 0. The number of nitrogens with one attached hydrogen (secondary N) is 1. The summed E-state index contributed by atoms with van der Waals surface area (Å²) in [6, 6.07) is 5.17. The summed E-state index contributed by atoms with van der Waals surface area (Å²) in [7, 11) is 0. The Morgan fingerprint density at radius 1 is 1.26 bits per heavy atom. The number of nitrogens with zero attached hydrogens (tertiary/aromatic N) is 2. The molecule has 0 saturated heterocycles. The van der Waals surface area contributed by atoms with Gasteiger partial charge in [0.1, 0.15) is 11.6 Å². The smallest absolute Gasteiger partial charge is 0.281 e. The average molecular weight is 485 g/mol. The predicted molar refractivity (Wildman–Crippen MR) is 124 cm³/mol. The van der Waals surface area contributed by atoms with E-state index < -0.39 is 35.8 Å². The molecule has 1 unspecified atom stereocenters. The molecular weight excluding hydrogens is 463 g/mol. The maximum absolute atomic E-state index is 14.7. The highest BCUT2D eigenvalue weighted by molar-refractivity contribution is 6.04. The van der Waals surface area contributed by atoms with Gasteiger partial charge in [0.05, 0.1) is 17.7 Å². The van der Waals surface area contributed by atoms with Crippen LogP contribution in [0.4, 0.5) is 18.9 Å². The molecule has 1 atom stereocenters. The second kappa shape index (κ2) is 8.42. The van der Waals surface area contributed by atoms with Crippen molar-refractivity contribution in [2.45, 2.75) is 38.5 Å². The van der Waals surface area contributed by atoms with Crippen LogP contribution in [-0.2, 0) is 11.3 Å². The molecule has 1 aliphatic carbocycles. The number of benzene rings is 2. The lowest BCUT2D eigenvalue weighted by Crippen LogP contribution is -2.36. The Labute approximate surface area is 196 Å². The summed E-state index contributed by atoms with van der Waals surface area (Å²) in [6.07, 6.45) is -0.300. The first-order chi connectivity index (χ1) is 16.7. The number of rotatable bonds is 6. The Hall–Kier alpha value is -3.86. The third-order valence-corrected chi connectivity index (χ3v) is 6.20. The molecule has 2 aromatic heterocycles. The van der Waals surface area contributed by atoms with Crippen LogP contribution < -0.4 is 22.3 Å². The maximum Gasteiger partial charge on any atom is 0.281 e. The number of fused-ring (bicyclic) bond motifs is 3. The Morgan fingerprint density at radius 3 is 2.69 bits per heavy atom. The van der Waals surface area contributed by atoms with Gasteiger partial charge < -0.3 is 25.8 Å². The number of anilines is 1. The number of nitrogen functional groups attached to an aromatic ring is 1. The van der Waals surface area contributed by atoms with Crippen molar-refractivity contribution in [2.75, 3.05) is 12.3 Å². The van der Waals surface area contributed by atoms with Crippen molar-refractivity contribution in [3.05, 3.63) is 57.7 Å². The Morgan fingerprint density at radius 2 is 2.00 bits per heavy atom. The average Bonchev–Trinajstić information content (AvgIpc) is 3.58. The van der Waals surface area contributed by atoms with E-state index in [1.54, 1.807) is 23.6 Å². The van der Waals surface area contributed by atoms with Crippen molar-refractivity contribution in [1.29, 1.82) is 0 Å². The van der Waals surface area contributed by atoms with Crippen LogP contribution in [0, 0.1) is 18.6 Å². The number of amides is 1. The highest BCUT2D eigenvalue weighted by Crippen LogP contribution is 2.41. The normalized spacial score (nSPS) is 14.5. The Kier molecular flexibility index (Phi) is 5.51. The molecule has 1 saturated carbocycles. The lowest BCUT2D eigenvalue weighted by Gasteiger charge is -2.16. The van der Waals surface area contributed by atoms with Gasteiger partial charge in [0.25, 0.3) is 11.5 Å². The molecule has 8 nitrogen and oxygen atoms in total. The molecule has 1 amide bonds. The van der Waals surface area contributed by atoms with E-state index in [1.165, 1.54) is 0 Å². The van der Waals surface area contributed by atoms with Crippen LogP contribution in [0.1, 0.15) is 30.3 Å². The van der Waals surface area contributed by atoms with Crippen molar-refractivity contribution in [2.24, 2.45) is 5.73 Å². The molecule has 0 spiro atoms. The van der Waals surface area contributed by atoms with Crippen LogP contribution in [0.25, 0.3) is 33.1 Å². The minimum Gasteiger partial charge on any atom is -0.438 e. The monoisotopic (exact) mass is 485 g/mol. The van der Waals surface area contributed by atoms with Crippen molar-refractivity contribution in [3.8, 4) is 11.1 Å². The number of oxazole rings is 1. The number of nitrogens with two attached hydrogens (primary N) is 2. The number of pyridine rings is 1. The standard InChI is InChI=1S/C24H22F3N5O3/c1-10-12(14-6-16(26)18(29)7-15(14)25)4-5-13-21(10)32(11-2-3-11)24(34)20-22(13)35-19(31-20)9-30-23(33)17(27)8-28/h4-7,11,17H,2-3,8-9,28-29H2,1H3,(H,30,33). The number of hydrogen-bond donors (Lipinski definition) is 3. The number of aryl methyl sites for hydroxylation is 1. The van der Waals surface area contributed by atoms with Gasteiger partial charge in [-0.25, -0.2) is 18.2 Å². The first-order valence-electron chi connectivity index (χ1n) is 11.0. The summed E-state index contributed by atoms with van der Waals surface area (Å²) in [5.74, 6) is -2.32. The van der Waals surface area contributed by atoms with Crippen LogP contribution in [0.2, 0.25) is 0 Å². The quantitative estimate of drug-likeness (QED) is 0.360. The summed E-state index contributed by atoms with van der Waals surface area (Å²) in [4.78, 5) is 29.4. The van der Waals surface area contributed by atoms with Crippen LogP contribution in [0.15, 0.2) is 33.5 Å². The van der Waals surface area contributed by atoms with E-state index >= 15 is 0 Å². The number of hydrogen-bond acceptors (Lipinski definition) is 6. The Balaban J connectivity index is 1.69. The molecule has 35 heavy (non-hydrogen) atoms. The highest BCUT2D eigenvalue weighted by atomic mass is 19.1. The number of carbonyl (C=O) groups is 1. The molecule has 2 aromatic carbocycles. The highest BCUT2D eigenvalue weighted by Gasteiger charge is 2.30. The van der Waals surface area contributed by atoms with E-state index in [0.29, 0.717) is 22.0 Å². The number of aromatic nitrogens is 2. The molecule has 5 N–H and O–H groups in total. The molecule has 0 aliphatic heterocycles. The van der Waals surface area contributed by atoms with Gasteiger partial charge in [0.15, 0.2) is 17.3 Å². The third kappa shape index (κ3) is 3.81. The van der Waals surface area contributed by atoms with E-state index in [4.69, 9.17) is 15.9 Å². The molecule has 182 valence electrons. The zero-order valence-corrected chi connectivity index (χ0v) is 18.7. The summed E-state index contributed by atoms with van der Waals surface area (Å²) in [5.41, 5.74) is 11.7. The van der Waals surface area contributed by atoms with Crippen molar-refractivity contribution in [3.63, 3.8) is 0 Å². The molecule has 0 radical (unpaired) electrons. The molecular formula is C24H22F3N5O3. The fraction of sp³-hybridized carbons (Fsp3) is 0.292. The number of halogens is 3. The zero-order chi connectivity index (χ0) is 25.0. The van der Waals surface area contributed by atoms with Crippen LogP contribution >= 0.6 is 0 Å². The molecule has 4 aromatic rings. The Bertz CT molecular complexity index is 1560. The second-order valence-corrected chi connectivity index (χ2v) is 8.60. The van der Waals surface area contributed by atoms with Crippen LogP contribution in [0.5, 0.6) is 0 Å². The second-order valence-electron chi connectivity index (χ2n) is 8.60. The first-order valence-corrected chi connectivity index (χ1v) is 11.0. The van der Waals surface area contributed by atoms with Gasteiger partial charge in [0.2, 0.25) is 5.89 Å². The largest absolute Gasteiger partial charge is 0.438 e. The van der Waals surface area contributed by atoms with Crippen molar-refractivity contribution in [1.82, 2.24) is 14.9 Å². The first kappa shape index (κ1) is 22.9. The fourth-order valence-corrected chi connectivity index (χ4v) is 4.30. The van der Waals surface area contributed by atoms with Gasteiger partial charge >= 0.3 is 0 Å². The minimum absolute atomic E-state index is 0.0210. The van der Waals surface area contributed by atoms with E-state index in [1.807, 2.05) is 0 Å². The van der Waals surface area contributed by atoms with Gasteiger partial charge in [-0.15, -0.1) is 0 Å². The predicted octanol–water partition coefficient (Wildman–Crippen LogP) is 3.23. The van der Waals surface area contributed by atoms with Crippen molar-refractivity contribution < 1.29 is 22.4 Å². The van der Waals surface area contributed by atoms with E-state index in [-0.39, 0.29) is 40.8 Å². The van der Waals surface area contributed by atoms with E-state index in [9.17, 15) is 22.8 Å². The van der Waals surface area contributed by atoms with Gasteiger partial charge in [-0.05, 0) is 43.0 Å². The molecule has 1 fully saturated rings. The lowest BCUT2D eigenvalue weighted by atomic mass is 9.96. The molecule has 5 rings (SSSR count). The third-order valence-electron chi connectivity index (χ3n) is 6.20. The van der Waals surface area contributed by atoms with E-state index in [0.717, 1.165) is 25.0 Å². The van der Waals surface area contributed by atoms with E-state index in [2.05, 4.69) is 10.3 Å². The summed E-state index contributed by atoms with van der Waals surface area (Å²) in [5, 5.41) is 2.89. The van der Waals surface area contributed by atoms with Gasteiger partial charge in [-0.2, -0.15) is 0 Å². The maximum atomic E-state index is 14.7. The van der Waals surface area contributed by atoms with Crippen molar-refractivity contribution >= 4 is 33.6 Å². The topological polar surface area (TPSA) is 129 Å². The lowest BCUT2D eigenvalue weighted by molar-refractivity contribution is -0.125. The zero-order valence-electron chi connectivity index (χ0n) is 18.7. The van der Waals surface area contributed by atoms with Crippen LogP contribution in [-0.4, -0.2) is 28.2 Å². The van der Waals surface area contributed by atoms with Gasteiger partial charge in [-0.1, -0.05) is 6.07 Å². The molecule has 11 heteroatoms. The summed E-state index contributed by atoms with van der Waals surface area (Å²) < 4.78 is 49.7. The SMILES string of the molecule is Cc1c(-c2cc(F)c(N)cc2F)ccc2c3oc(CNC(=O)C(F)CN)nc3c(=O)n(C3CC3)c12. The number of alkyl halides is 1. The molecule has 0 bridgehead atoms.